The molecule has 0 saturated heterocycles. The standard InChI is InChI=1S/C11H15O3/c12-9(13)10-2-7-1-8(3-10)5-11(14,4-7)6-10/h7,14H,1-6H2,(H,12,13). The van der Waals surface area contributed by atoms with Gasteiger partial charge in [-0.1, -0.05) is 0 Å². The van der Waals surface area contributed by atoms with Crippen LogP contribution in [-0.2, 0) is 4.79 Å². The van der Waals surface area contributed by atoms with Crippen molar-refractivity contribution in [3.05, 3.63) is 5.92 Å². The number of carboxylic acid groups (broad SMARTS) is 1. The van der Waals surface area contributed by atoms with Crippen LogP contribution in [0.25, 0.3) is 0 Å². The Labute approximate surface area is 83.1 Å². The maximum atomic E-state index is 11.3. The smallest absolute Gasteiger partial charge is 0.309 e. The van der Waals surface area contributed by atoms with Crippen LogP contribution in [-0.4, -0.2) is 21.8 Å². The summed E-state index contributed by atoms with van der Waals surface area (Å²) in [6, 6.07) is 0. The summed E-state index contributed by atoms with van der Waals surface area (Å²) < 4.78 is 0. The number of carboxylic acids is 1. The van der Waals surface area contributed by atoms with Crippen LogP contribution in [0.2, 0.25) is 0 Å². The van der Waals surface area contributed by atoms with Crippen LogP contribution >= 0.6 is 0 Å². The van der Waals surface area contributed by atoms with Crippen molar-refractivity contribution in [3.8, 4) is 0 Å². The Balaban J connectivity index is 2.00. The Bertz CT molecular complexity index is 283. The number of carbonyl (C=O) groups is 1. The molecule has 3 heteroatoms. The minimum Gasteiger partial charge on any atom is -0.481 e. The van der Waals surface area contributed by atoms with Gasteiger partial charge in [0.05, 0.1) is 11.0 Å². The number of aliphatic carboxylic acids is 1. The Kier molecular flexibility index (Phi) is 1.45. The van der Waals surface area contributed by atoms with Crippen LogP contribution in [0.5, 0.6) is 0 Å². The monoisotopic (exact) mass is 195 g/mol. The molecular weight excluding hydrogens is 180 g/mol. The third kappa shape index (κ3) is 0.991. The zero-order valence-corrected chi connectivity index (χ0v) is 8.12. The Morgan fingerprint density at radius 1 is 1.36 bits per heavy atom. The Morgan fingerprint density at radius 2 is 2.14 bits per heavy atom. The topological polar surface area (TPSA) is 57.5 Å². The normalized spacial score (nSPS) is 51.1. The van der Waals surface area contributed by atoms with Gasteiger partial charge in [-0.25, -0.2) is 0 Å². The first kappa shape index (κ1) is 8.72. The third-order valence-electron chi connectivity index (χ3n) is 4.21. The van der Waals surface area contributed by atoms with Gasteiger partial charge in [0.25, 0.3) is 0 Å². The summed E-state index contributed by atoms with van der Waals surface area (Å²) in [5, 5.41) is 19.5. The summed E-state index contributed by atoms with van der Waals surface area (Å²) in [6.07, 6.45) is 4.64. The quantitative estimate of drug-likeness (QED) is 0.664. The molecule has 0 aromatic carbocycles. The maximum Gasteiger partial charge on any atom is 0.309 e. The van der Waals surface area contributed by atoms with Crippen molar-refractivity contribution in [2.24, 2.45) is 11.3 Å². The molecule has 3 nitrogen and oxygen atoms in total. The van der Waals surface area contributed by atoms with E-state index in [0.717, 1.165) is 32.1 Å². The number of aliphatic hydroxyl groups is 1. The van der Waals surface area contributed by atoms with Gasteiger partial charge in [0.1, 0.15) is 0 Å². The largest absolute Gasteiger partial charge is 0.481 e. The van der Waals surface area contributed by atoms with Crippen LogP contribution in [0, 0.1) is 17.3 Å². The van der Waals surface area contributed by atoms with Crippen molar-refractivity contribution in [2.45, 2.75) is 44.1 Å². The van der Waals surface area contributed by atoms with Crippen molar-refractivity contribution < 1.29 is 15.0 Å². The lowest BCUT2D eigenvalue weighted by Gasteiger charge is -2.58. The summed E-state index contributed by atoms with van der Waals surface area (Å²) in [7, 11) is 0. The molecule has 4 bridgehead atoms. The zero-order chi connectivity index (χ0) is 9.97. The van der Waals surface area contributed by atoms with Crippen molar-refractivity contribution in [1.82, 2.24) is 0 Å². The van der Waals surface area contributed by atoms with Gasteiger partial charge in [-0.2, -0.15) is 0 Å². The van der Waals surface area contributed by atoms with Crippen LogP contribution < -0.4 is 0 Å². The molecule has 0 aliphatic heterocycles. The Morgan fingerprint density at radius 3 is 2.71 bits per heavy atom. The molecule has 1 radical (unpaired) electrons. The van der Waals surface area contributed by atoms with Gasteiger partial charge in [-0.15, -0.1) is 0 Å². The fraction of sp³-hybridized carbons (Fsp3) is 0.818. The molecule has 4 aliphatic carbocycles. The van der Waals surface area contributed by atoms with E-state index in [1.165, 1.54) is 5.92 Å². The number of hydrogen-bond acceptors (Lipinski definition) is 2. The minimum atomic E-state index is -0.697. The summed E-state index contributed by atoms with van der Waals surface area (Å²) in [6.45, 7) is 0. The fourth-order valence-electron chi connectivity index (χ4n) is 4.15. The van der Waals surface area contributed by atoms with Crippen molar-refractivity contribution in [2.75, 3.05) is 0 Å². The second kappa shape index (κ2) is 2.32. The molecule has 4 rings (SSSR count). The lowest BCUT2D eigenvalue weighted by atomic mass is 9.48. The van der Waals surface area contributed by atoms with E-state index >= 15 is 0 Å². The van der Waals surface area contributed by atoms with Crippen LogP contribution in [0.3, 0.4) is 0 Å². The van der Waals surface area contributed by atoms with Crippen LogP contribution in [0.4, 0.5) is 0 Å². The van der Waals surface area contributed by atoms with E-state index < -0.39 is 17.0 Å². The first-order valence-corrected chi connectivity index (χ1v) is 5.31. The molecule has 0 amide bonds. The van der Waals surface area contributed by atoms with Gasteiger partial charge in [0.15, 0.2) is 0 Å². The van der Waals surface area contributed by atoms with E-state index in [9.17, 15) is 15.0 Å². The van der Waals surface area contributed by atoms with Gasteiger partial charge < -0.3 is 10.2 Å². The van der Waals surface area contributed by atoms with E-state index in [1.807, 2.05) is 0 Å². The summed E-state index contributed by atoms with van der Waals surface area (Å²) in [5.41, 5.74) is -1.28. The van der Waals surface area contributed by atoms with E-state index in [2.05, 4.69) is 0 Å². The lowest BCUT2D eigenvalue weighted by molar-refractivity contribution is -0.175. The average Bonchev–Trinajstić information content (AvgIpc) is 1.98. The van der Waals surface area contributed by atoms with Crippen molar-refractivity contribution in [1.29, 1.82) is 0 Å². The number of rotatable bonds is 1. The van der Waals surface area contributed by atoms with E-state index in [-0.39, 0.29) is 0 Å². The van der Waals surface area contributed by atoms with Gasteiger partial charge in [-0.05, 0) is 50.4 Å². The predicted octanol–water partition coefficient (Wildman–Crippen LogP) is 1.36. The molecule has 14 heavy (non-hydrogen) atoms. The highest BCUT2D eigenvalue weighted by Crippen LogP contribution is 2.62. The van der Waals surface area contributed by atoms with E-state index in [4.69, 9.17) is 0 Å². The summed E-state index contributed by atoms with van der Waals surface area (Å²) in [5.74, 6) is 1.03. The molecule has 0 aromatic heterocycles. The zero-order valence-electron chi connectivity index (χ0n) is 8.12. The Hall–Kier alpha value is -0.570. The molecular formula is C11H15O3. The molecule has 3 atom stereocenters. The summed E-state index contributed by atoms with van der Waals surface area (Å²) in [4.78, 5) is 11.3. The van der Waals surface area contributed by atoms with Gasteiger partial charge in [0, 0.05) is 0 Å². The molecule has 0 heterocycles. The van der Waals surface area contributed by atoms with Crippen molar-refractivity contribution >= 4 is 5.97 Å². The second-order valence-corrected chi connectivity index (χ2v) is 5.57. The number of hydrogen-bond donors (Lipinski definition) is 2. The molecule has 4 fully saturated rings. The highest BCUT2D eigenvalue weighted by Gasteiger charge is 2.60. The minimum absolute atomic E-state index is 0.433. The van der Waals surface area contributed by atoms with E-state index in [1.54, 1.807) is 0 Å². The summed E-state index contributed by atoms with van der Waals surface area (Å²) >= 11 is 0. The van der Waals surface area contributed by atoms with E-state index in [0.29, 0.717) is 12.3 Å². The molecule has 77 valence electrons. The van der Waals surface area contributed by atoms with Gasteiger partial charge >= 0.3 is 5.97 Å². The average molecular weight is 195 g/mol. The molecule has 4 aliphatic rings. The van der Waals surface area contributed by atoms with Crippen molar-refractivity contribution in [3.63, 3.8) is 0 Å². The predicted molar refractivity (Wildman–Crippen MR) is 49.5 cm³/mol. The van der Waals surface area contributed by atoms with Gasteiger partial charge in [0.2, 0.25) is 0 Å². The highest BCUT2D eigenvalue weighted by atomic mass is 16.4. The first-order valence-electron chi connectivity index (χ1n) is 5.31. The third-order valence-corrected chi connectivity index (χ3v) is 4.21. The first-order chi connectivity index (χ1) is 6.51. The molecule has 0 aromatic rings. The van der Waals surface area contributed by atoms with Gasteiger partial charge in [-0.3, -0.25) is 4.79 Å². The fourth-order valence-corrected chi connectivity index (χ4v) is 4.15. The SMILES string of the molecule is O=C(O)C12C[C]3CC(CC(O)(C3)C1)C2. The van der Waals surface area contributed by atoms with Crippen LogP contribution in [0.1, 0.15) is 38.5 Å². The molecule has 4 saturated carbocycles. The molecule has 2 N–H and O–H groups in total. The molecule has 3 unspecified atom stereocenters. The lowest BCUT2D eigenvalue weighted by Crippen LogP contribution is -2.57. The van der Waals surface area contributed by atoms with Crippen LogP contribution in [0.15, 0.2) is 0 Å². The molecule has 0 spiro atoms. The maximum absolute atomic E-state index is 11.3. The highest BCUT2D eigenvalue weighted by molar-refractivity contribution is 5.76. The second-order valence-electron chi connectivity index (χ2n) is 5.57.